The van der Waals surface area contributed by atoms with Gasteiger partial charge in [0.25, 0.3) is 5.91 Å². The van der Waals surface area contributed by atoms with E-state index < -0.39 is 0 Å². The molecule has 0 aromatic heterocycles. The predicted molar refractivity (Wildman–Crippen MR) is 122 cm³/mol. The molecular weight excluding hydrogens is 394 g/mol. The number of allylic oxidation sites excluding steroid dienone is 1. The summed E-state index contributed by atoms with van der Waals surface area (Å²) in [5.41, 5.74) is 1.25. The second kappa shape index (κ2) is 11.2. The maximum atomic E-state index is 12.6. The highest BCUT2D eigenvalue weighted by Gasteiger charge is 2.21. The van der Waals surface area contributed by atoms with Gasteiger partial charge in [0, 0.05) is 17.6 Å². The normalized spacial score (nSPS) is 11.2. The zero-order valence-corrected chi connectivity index (χ0v) is 18.8. The number of nitrogens with zero attached hydrogens (tertiary/aromatic N) is 1. The number of rotatable bonds is 10. The number of amides is 1. The largest absolute Gasteiger partial charge is 0.508 e. The minimum absolute atomic E-state index is 0.0784. The molecule has 1 amide bonds. The summed E-state index contributed by atoms with van der Waals surface area (Å²) in [5, 5.41) is 9.34. The van der Waals surface area contributed by atoms with Crippen LogP contribution < -0.4 is 9.47 Å². The van der Waals surface area contributed by atoms with Crippen molar-refractivity contribution in [3.8, 4) is 17.2 Å². The van der Waals surface area contributed by atoms with E-state index >= 15 is 0 Å². The molecule has 0 aliphatic rings. The molecule has 1 N–H and O–H groups in total. The van der Waals surface area contributed by atoms with E-state index in [-0.39, 0.29) is 36.1 Å². The van der Waals surface area contributed by atoms with E-state index in [1.165, 1.54) is 18.2 Å². The summed E-state index contributed by atoms with van der Waals surface area (Å²) in [6, 6.07) is 11.6. The first-order valence-electron chi connectivity index (χ1n) is 10.4. The highest BCUT2D eigenvalue weighted by Crippen LogP contribution is 2.29. The van der Waals surface area contributed by atoms with Crippen molar-refractivity contribution in [2.24, 2.45) is 0 Å². The molecule has 0 saturated heterocycles. The van der Waals surface area contributed by atoms with Crippen LogP contribution in [0.15, 0.2) is 48.5 Å². The van der Waals surface area contributed by atoms with Gasteiger partial charge in [-0.3, -0.25) is 9.59 Å². The van der Waals surface area contributed by atoms with Gasteiger partial charge in [-0.25, -0.2) is 0 Å². The van der Waals surface area contributed by atoms with Crippen molar-refractivity contribution in [1.29, 1.82) is 0 Å². The summed E-state index contributed by atoms with van der Waals surface area (Å²) in [6.07, 6.45) is 3.15. The summed E-state index contributed by atoms with van der Waals surface area (Å²) in [5.74, 6) is 0.836. The number of phenols is 1. The van der Waals surface area contributed by atoms with Crippen LogP contribution in [0.3, 0.4) is 0 Å². The molecule has 0 unspecified atom stereocenters. The minimum Gasteiger partial charge on any atom is -0.508 e. The van der Waals surface area contributed by atoms with Crippen molar-refractivity contribution in [3.63, 3.8) is 0 Å². The van der Waals surface area contributed by atoms with Crippen LogP contribution >= 0.6 is 0 Å². The number of hydrogen-bond donors (Lipinski definition) is 1. The van der Waals surface area contributed by atoms with E-state index in [0.717, 1.165) is 5.56 Å². The number of carbonyl (C=O) groups is 2. The van der Waals surface area contributed by atoms with Crippen molar-refractivity contribution in [3.05, 3.63) is 59.7 Å². The smallest absolute Gasteiger partial charge is 0.260 e. The highest BCUT2D eigenvalue weighted by molar-refractivity contribution is 6.06. The molecule has 2 rings (SSSR count). The maximum absolute atomic E-state index is 12.6. The molecule has 0 spiro atoms. The van der Waals surface area contributed by atoms with Gasteiger partial charge in [0.15, 0.2) is 23.9 Å². The number of carbonyl (C=O) groups excluding carboxylic acids is 2. The molecule has 2 aromatic rings. The molecule has 166 valence electrons. The Morgan fingerprint density at radius 1 is 0.968 bits per heavy atom. The zero-order chi connectivity index (χ0) is 23.0. The first kappa shape index (κ1) is 24.0. The van der Waals surface area contributed by atoms with Gasteiger partial charge < -0.3 is 19.5 Å². The molecule has 6 heteroatoms. The van der Waals surface area contributed by atoms with Crippen LogP contribution in [0.25, 0.3) is 6.08 Å². The van der Waals surface area contributed by atoms with Gasteiger partial charge in [-0.15, -0.1) is 0 Å². The molecule has 0 radical (unpaired) electrons. The Bertz CT molecular complexity index is 908. The van der Waals surface area contributed by atoms with Crippen LogP contribution in [0, 0.1) is 0 Å². The standard InChI is InChI=1S/C25H31NO5/c1-6-30-24-15-19(7-13-22(28)20-9-11-21(27)12-10-20)8-14-23(24)31-16-25(29)26(17(2)3)18(4)5/h7-15,17-18,27H,6,16H2,1-5H3/b13-7+. The van der Waals surface area contributed by atoms with Crippen LogP contribution in [0.4, 0.5) is 0 Å². The maximum Gasteiger partial charge on any atom is 0.260 e. The summed E-state index contributed by atoms with van der Waals surface area (Å²) in [7, 11) is 0. The third-order valence-electron chi connectivity index (χ3n) is 4.60. The van der Waals surface area contributed by atoms with Crippen LogP contribution in [0.5, 0.6) is 17.2 Å². The summed E-state index contributed by atoms with van der Waals surface area (Å²) in [6.45, 7) is 10.1. The molecule has 0 saturated carbocycles. The number of phenolic OH excluding ortho intramolecular Hbond substituents is 1. The number of ketones is 1. The lowest BCUT2D eigenvalue weighted by molar-refractivity contribution is -0.137. The molecule has 0 heterocycles. The van der Waals surface area contributed by atoms with Crippen LogP contribution in [-0.2, 0) is 4.79 Å². The van der Waals surface area contributed by atoms with E-state index in [1.807, 2.05) is 34.6 Å². The summed E-state index contributed by atoms with van der Waals surface area (Å²) < 4.78 is 11.4. The Morgan fingerprint density at radius 3 is 2.19 bits per heavy atom. The third-order valence-corrected chi connectivity index (χ3v) is 4.60. The average molecular weight is 426 g/mol. The lowest BCUT2D eigenvalue weighted by atomic mass is 10.1. The van der Waals surface area contributed by atoms with E-state index in [4.69, 9.17) is 9.47 Å². The average Bonchev–Trinajstić information content (AvgIpc) is 2.71. The molecule has 0 aliphatic carbocycles. The Labute approximate surface area is 184 Å². The van der Waals surface area contributed by atoms with Crippen molar-refractivity contribution >= 4 is 17.8 Å². The predicted octanol–water partition coefficient (Wildman–Crippen LogP) is 4.71. The Balaban J connectivity index is 2.12. The number of hydrogen-bond acceptors (Lipinski definition) is 5. The van der Waals surface area contributed by atoms with Crippen LogP contribution in [0.2, 0.25) is 0 Å². The van der Waals surface area contributed by atoms with E-state index in [1.54, 1.807) is 41.3 Å². The molecule has 0 atom stereocenters. The van der Waals surface area contributed by atoms with Crippen molar-refractivity contribution in [2.45, 2.75) is 46.7 Å². The van der Waals surface area contributed by atoms with Gasteiger partial charge in [-0.05, 0) is 82.7 Å². The number of aromatic hydroxyl groups is 1. The fraction of sp³-hybridized carbons (Fsp3) is 0.360. The lowest BCUT2D eigenvalue weighted by Crippen LogP contribution is -2.44. The SMILES string of the molecule is CCOc1cc(/C=C/C(=O)c2ccc(O)cc2)ccc1OCC(=O)N(C(C)C)C(C)C. The number of benzene rings is 2. The highest BCUT2D eigenvalue weighted by atomic mass is 16.5. The molecule has 0 fully saturated rings. The lowest BCUT2D eigenvalue weighted by Gasteiger charge is -2.30. The summed E-state index contributed by atoms with van der Waals surface area (Å²) in [4.78, 5) is 26.6. The van der Waals surface area contributed by atoms with Gasteiger partial charge in [-0.2, -0.15) is 0 Å². The molecular formula is C25H31NO5. The summed E-state index contributed by atoms with van der Waals surface area (Å²) >= 11 is 0. The first-order chi connectivity index (χ1) is 14.7. The topological polar surface area (TPSA) is 76.1 Å². The van der Waals surface area contributed by atoms with Gasteiger partial charge in [0.2, 0.25) is 0 Å². The monoisotopic (exact) mass is 425 g/mol. The fourth-order valence-electron chi connectivity index (χ4n) is 3.30. The second-order valence-corrected chi connectivity index (χ2v) is 7.66. The van der Waals surface area contributed by atoms with Crippen molar-refractivity contribution in [2.75, 3.05) is 13.2 Å². The molecule has 0 bridgehead atoms. The van der Waals surface area contributed by atoms with Crippen LogP contribution in [-0.4, -0.2) is 47.0 Å². The van der Waals surface area contributed by atoms with E-state index in [9.17, 15) is 14.7 Å². The molecule has 0 aliphatic heterocycles. The third kappa shape index (κ3) is 6.88. The Kier molecular flexibility index (Phi) is 8.67. The molecule has 31 heavy (non-hydrogen) atoms. The van der Waals surface area contributed by atoms with Crippen molar-refractivity contribution < 1.29 is 24.2 Å². The molecule has 6 nitrogen and oxygen atoms in total. The van der Waals surface area contributed by atoms with Gasteiger partial charge in [-0.1, -0.05) is 12.1 Å². The van der Waals surface area contributed by atoms with E-state index in [0.29, 0.717) is 23.7 Å². The van der Waals surface area contributed by atoms with Gasteiger partial charge in [0.1, 0.15) is 5.75 Å². The number of ether oxygens (including phenoxy) is 2. The Hall–Kier alpha value is -3.28. The minimum atomic E-state index is -0.175. The quantitative estimate of drug-likeness (QED) is 0.441. The van der Waals surface area contributed by atoms with Crippen LogP contribution in [0.1, 0.15) is 50.5 Å². The van der Waals surface area contributed by atoms with Gasteiger partial charge in [0.05, 0.1) is 6.61 Å². The first-order valence-corrected chi connectivity index (χ1v) is 10.4. The zero-order valence-electron chi connectivity index (χ0n) is 18.8. The Morgan fingerprint density at radius 2 is 1.61 bits per heavy atom. The second-order valence-electron chi connectivity index (χ2n) is 7.66. The van der Waals surface area contributed by atoms with Gasteiger partial charge >= 0.3 is 0 Å². The molecule has 2 aromatic carbocycles. The fourth-order valence-corrected chi connectivity index (χ4v) is 3.30. The van der Waals surface area contributed by atoms with E-state index in [2.05, 4.69) is 0 Å². The van der Waals surface area contributed by atoms with Crippen molar-refractivity contribution in [1.82, 2.24) is 4.90 Å².